The molecule has 1 N–H and O–H groups in total. The summed E-state index contributed by atoms with van der Waals surface area (Å²) in [5, 5.41) is 4.64. The van der Waals surface area contributed by atoms with E-state index in [0.717, 1.165) is 27.8 Å². The van der Waals surface area contributed by atoms with Crippen LogP contribution in [-0.4, -0.2) is 60.1 Å². The first-order chi connectivity index (χ1) is 17.9. The molecular formula is C29H29ClN4O3. The van der Waals surface area contributed by atoms with E-state index in [4.69, 9.17) is 16.3 Å². The third kappa shape index (κ3) is 5.19. The number of aromatic amines is 1. The van der Waals surface area contributed by atoms with E-state index in [1.807, 2.05) is 48.3 Å². The maximum Gasteiger partial charge on any atom is 0.275 e. The van der Waals surface area contributed by atoms with Gasteiger partial charge in [0.2, 0.25) is 5.91 Å². The molecule has 0 bridgehead atoms. The number of aromatic nitrogens is 1. The Balaban J connectivity index is 1.43. The van der Waals surface area contributed by atoms with Gasteiger partial charge >= 0.3 is 0 Å². The number of hydrazine groups is 1. The van der Waals surface area contributed by atoms with E-state index in [-0.39, 0.29) is 18.2 Å². The van der Waals surface area contributed by atoms with Gasteiger partial charge in [-0.05, 0) is 67.1 Å². The van der Waals surface area contributed by atoms with Crippen LogP contribution >= 0.6 is 11.6 Å². The van der Waals surface area contributed by atoms with E-state index in [2.05, 4.69) is 22.0 Å². The predicted octanol–water partition coefficient (Wildman–Crippen LogP) is 5.09. The molecule has 0 atom stereocenters. The number of nitrogens with zero attached hydrogens (tertiary/aromatic N) is 3. The zero-order chi connectivity index (χ0) is 25.9. The van der Waals surface area contributed by atoms with E-state index >= 15 is 0 Å². The highest BCUT2D eigenvalue weighted by Crippen LogP contribution is 2.28. The number of ether oxygens (including phenoxy) is 1. The Morgan fingerprint density at radius 1 is 0.973 bits per heavy atom. The summed E-state index contributed by atoms with van der Waals surface area (Å²) in [4.78, 5) is 33.2. The normalized spacial score (nSPS) is 14.1. The molecule has 3 aromatic carbocycles. The van der Waals surface area contributed by atoms with Crippen LogP contribution in [-0.2, 0) is 11.2 Å². The highest BCUT2D eigenvalue weighted by atomic mass is 35.5. The molecule has 1 saturated heterocycles. The Kier molecular flexibility index (Phi) is 7.17. The first kappa shape index (κ1) is 24.9. The molecule has 8 heteroatoms. The van der Waals surface area contributed by atoms with Gasteiger partial charge in [0.1, 0.15) is 5.75 Å². The number of nitrogens with one attached hydrogen (secondary N) is 1. The third-order valence-corrected chi connectivity index (χ3v) is 7.09. The van der Waals surface area contributed by atoms with Crippen molar-refractivity contribution in [3.05, 3.63) is 94.6 Å². The molecular weight excluding hydrogens is 488 g/mol. The fourth-order valence-corrected chi connectivity index (χ4v) is 4.98. The Bertz CT molecular complexity index is 1410. The van der Waals surface area contributed by atoms with E-state index in [1.165, 1.54) is 5.01 Å². The van der Waals surface area contributed by atoms with E-state index in [1.54, 1.807) is 31.4 Å². The number of rotatable bonds is 6. The van der Waals surface area contributed by atoms with Gasteiger partial charge < -0.3 is 14.6 Å². The molecule has 0 saturated carbocycles. The number of carbonyl (C=O) groups excluding carboxylic acids is 2. The van der Waals surface area contributed by atoms with Crippen LogP contribution in [0, 0.1) is 6.92 Å². The fraction of sp³-hybridized carbons (Fsp3) is 0.241. The summed E-state index contributed by atoms with van der Waals surface area (Å²) < 4.78 is 5.40. The molecule has 2 amide bonds. The number of halogens is 1. The Hall–Kier alpha value is -3.81. The number of H-pyrrole nitrogens is 1. The molecule has 4 aromatic rings. The van der Waals surface area contributed by atoms with Crippen molar-refractivity contribution in [2.24, 2.45) is 0 Å². The van der Waals surface area contributed by atoms with Crippen LogP contribution in [0.3, 0.4) is 0 Å². The number of hydrogen-bond acceptors (Lipinski definition) is 5. The number of hydrogen-bond donors (Lipinski definition) is 1. The van der Waals surface area contributed by atoms with Gasteiger partial charge in [-0.3, -0.25) is 9.59 Å². The molecule has 37 heavy (non-hydrogen) atoms. The number of aryl methyl sites for hydroxylation is 1. The van der Waals surface area contributed by atoms with Crippen molar-refractivity contribution in [2.75, 3.05) is 38.2 Å². The van der Waals surface area contributed by atoms with Gasteiger partial charge in [-0.25, -0.2) is 10.0 Å². The Morgan fingerprint density at radius 3 is 2.35 bits per heavy atom. The lowest BCUT2D eigenvalue weighted by Crippen LogP contribution is -2.58. The minimum Gasteiger partial charge on any atom is -0.497 e. The number of fused-ring (bicyclic) bond motifs is 1. The molecule has 2 heterocycles. The number of anilines is 1. The van der Waals surface area contributed by atoms with Crippen LogP contribution in [0.4, 0.5) is 5.69 Å². The minimum absolute atomic E-state index is 0.0806. The van der Waals surface area contributed by atoms with Crippen molar-refractivity contribution < 1.29 is 14.3 Å². The summed E-state index contributed by atoms with van der Waals surface area (Å²) >= 11 is 6.05. The number of methoxy groups -OCH3 is 1. The Labute approximate surface area is 221 Å². The SMILES string of the molecule is COc1ccc2[nH]c(C)c(CC(=O)N(C(=O)c3ccc(Cl)cc3)N3CCN(c4ccccc4)CC3)c2c1. The maximum atomic E-state index is 13.9. The molecule has 1 aliphatic heterocycles. The summed E-state index contributed by atoms with van der Waals surface area (Å²) in [5.74, 6) is 0.0798. The topological polar surface area (TPSA) is 68.9 Å². The number of benzene rings is 3. The number of para-hydroxylation sites is 1. The van der Waals surface area contributed by atoms with Gasteiger partial charge in [0.15, 0.2) is 0 Å². The van der Waals surface area contributed by atoms with Crippen molar-refractivity contribution in [1.82, 2.24) is 15.0 Å². The second kappa shape index (κ2) is 10.7. The zero-order valence-electron chi connectivity index (χ0n) is 20.9. The van der Waals surface area contributed by atoms with Gasteiger partial charge in [0, 0.05) is 59.0 Å². The summed E-state index contributed by atoms with van der Waals surface area (Å²) in [6, 6.07) is 22.6. The smallest absolute Gasteiger partial charge is 0.275 e. The highest BCUT2D eigenvalue weighted by Gasteiger charge is 2.32. The average molecular weight is 517 g/mol. The molecule has 1 aliphatic rings. The largest absolute Gasteiger partial charge is 0.497 e. The van der Waals surface area contributed by atoms with E-state index in [0.29, 0.717) is 42.5 Å². The number of amides is 2. The number of piperazine rings is 1. The van der Waals surface area contributed by atoms with Crippen LogP contribution in [0.25, 0.3) is 10.9 Å². The molecule has 0 radical (unpaired) electrons. The third-order valence-electron chi connectivity index (χ3n) is 6.83. The maximum absolute atomic E-state index is 13.9. The lowest BCUT2D eigenvalue weighted by atomic mass is 10.1. The fourth-order valence-electron chi connectivity index (χ4n) is 4.85. The number of imide groups is 1. The summed E-state index contributed by atoms with van der Waals surface area (Å²) in [7, 11) is 1.62. The zero-order valence-corrected chi connectivity index (χ0v) is 21.7. The molecule has 190 valence electrons. The monoisotopic (exact) mass is 516 g/mol. The summed E-state index contributed by atoms with van der Waals surface area (Å²) in [5.41, 5.74) is 4.22. The molecule has 1 fully saturated rings. The van der Waals surface area contributed by atoms with Crippen LogP contribution in [0.1, 0.15) is 21.6 Å². The molecule has 0 unspecified atom stereocenters. The summed E-state index contributed by atoms with van der Waals surface area (Å²) in [6.07, 6.45) is 0.0806. The van der Waals surface area contributed by atoms with Gasteiger partial charge in [0.25, 0.3) is 5.91 Å². The van der Waals surface area contributed by atoms with Crippen LogP contribution in [0.15, 0.2) is 72.8 Å². The van der Waals surface area contributed by atoms with Crippen molar-refractivity contribution in [1.29, 1.82) is 0 Å². The molecule has 7 nitrogen and oxygen atoms in total. The predicted molar refractivity (Wildman–Crippen MR) is 146 cm³/mol. The molecule has 0 spiro atoms. The van der Waals surface area contributed by atoms with Crippen molar-refractivity contribution in [2.45, 2.75) is 13.3 Å². The standard InChI is InChI=1S/C29H29ClN4O3/c1-20-25(26-18-24(37-2)12-13-27(26)31-20)19-28(35)34(29(36)21-8-10-22(30)11-9-21)33-16-14-32(15-17-33)23-6-4-3-5-7-23/h3-13,18,31H,14-17,19H2,1-2H3. The second-order valence-electron chi connectivity index (χ2n) is 9.11. The van der Waals surface area contributed by atoms with Crippen LogP contribution in [0.5, 0.6) is 5.75 Å². The Morgan fingerprint density at radius 2 is 1.68 bits per heavy atom. The molecule has 0 aliphatic carbocycles. The molecule has 1 aromatic heterocycles. The lowest BCUT2D eigenvalue weighted by molar-refractivity contribution is -0.142. The van der Waals surface area contributed by atoms with Gasteiger partial charge in [-0.2, -0.15) is 0 Å². The quantitative estimate of drug-likeness (QED) is 0.387. The minimum atomic E-state index is -0.357. The van der Waals surface area contributed by atoms with Crippen molar-refractivity contribution in [3.8, 4) is 5.75 Å². The first-order valence-electron chi connectivity index (χ1n) is 12.3. The van der Waals surface area contributed by atoms with E-state index in [9.17, 15) is 9.59 Å². The van der Waals surface area contributed by atoms with Crippen molar-refractivity contribution >= 4 is 40.0 Å². The van der Waals surface area contributed by atoms with Crippen LogP contribution < -0.4 is 9.64 Å². The first-order valence-corrected chi connectivity index (χ1v) is 12.7. The lowest BCUT2D eigenvalue weighted by Gasteiger charge is -2.40. The summed E-state index contributed by atoms with van der Waals surface area (Å²) in [6.45, 7) is 4.43. The number of carbonyl (C=O) groups is 2. The second-order valence-corrected chi connectivity index (χ2v) is 9.55. The van der Waals surface area contributed by atoms with Gasteiger partial charge in [0.05, 0.1) is 13.5 Å². The molecule has 5 rings (SSSR count). The average Bonchev–Trinajstić information content (AvgIpc) is 3.23. The van der Waals surface area contributed by atoms with E-state index < -0.39 is 0 Å². The van der Waals surface area contributed by atoms with Gasteiger partial charge in [-0.15, -0.1) is 0 Å². The van der Waals surface area contributed by atoms with Crippen molar-refractivity contribution in [3.63, 3.8) is 0 Å². The highest BCUT2D eigenvalue weighted by molar-refractivity contribution is 6.30. The van der Waals surface area contributed by atoms with Gasteiger partial charge in [-0.1, -0.05) is 29.8 Å². The van der Waals surface area contributed by atoms with Crippen LogP contribution in [0.2, 0.25) is 5.02 Å².